The van der Waals surface area contributed by atoms with Crippen LogP contribution in [-0.2, 0) is 28.7 Å². The summed E-state index contributed by atoms with van der Waals surface area (Å²) in [4.78, 5) is 58.4. The van der Waals surface area contributed by atoms with Crippen molar-refractivity contribution in [3.05, 3.63) is 11.3 Å². The van der Waals surface area contributed by atoms with Crippen LogP contribution in [0.1, 0.15) is 26.2 Å². The second-order valence-corrected chi connectivity index (χ2v) is 7.42. The van der Waals surface area contributed by atoms with Crippen molar-refractivity contribution < 1.29 is 38.9 Å². The van der Waals surface area contributed by atoms with E-state index in [4.69, 9.17) is 15.6 Å². The Labute approximate surface area is 164 Å². The van der Waals surface area contributed by atoms with Crippen LogP contribution in [0, 0.1) is 0 Å². The fourth-order valence-electron chi connectivity index (χ4n) is 2.82. The molecule has 0 radical (unpaired) electrons. The molecule has 2 aliphatic rings. The maximum atomic E-state index is 12.4. The van der Waals surface area contributed by atoms with Gasteiger partial charge in [0, 0.05) is 24.7 Å². The van der Waals surface area contributed by atoms with Crippen LogP contribution in [0.15, 0.2) is 11.3 Å². The van der Waals surface area contributed by atoms with Gasteiger partial charge < -0.3 is 30.8 Å². The minimum absolute atomic E-state index is 0.0109. The monoisotopic (exact) mass is 414 g/mol. The number of aliphatic carboxylic acids is 2. The molecule has 0 aromatic heterocycles. The van der Waals surface area contributed by atoms with E-state index in [9.17, 15) is 29.1 Å². The number of amides is 2. The lowest BCUT2D eigenvalue weighted by Crippen LogP contribution is -2.71. The number of carboxylic acids is 2. The fourth-order valence-corrected chi connectivity index (χ4v) is 4.15. The highest BCUT2D eigenvalue weighted by Crippen LogP contribution is 2.40. The van der Waals surface area contributed by atoms with Crippen molar-refractivity contribution in [2.75, 3.05) is 12.4 Å². The highest BCUT2D eigenvalue weighted by molar-refractivity contribution is 8.00. The molecule has 3 atom stereocenters. The Balaban J connectivity index is 1.96. The van der Waals surface area contributed by atoms with E-state index in [2.05, 4.69) is 5.32 Å². The molecule has 12 heteroatoms. The fraction of sp³-hybridized carbons (Fsp3) is 0.562. The number of rotatable bonds is 9. The first kappa shape index (κ1) is 21.7. The van der Waals surface area contributed by atoms with Crippen molar-refractivity contribution in [1.82, 2.24) is 10.2 Å². The van der Waals surface area contributed by atoms with E-state index < -0.39 is 47.2 Å². The number of fused-ring (bicyclic) bond motifs is 1. The summed E-state index contributed by atoms with van der Waals surface area (Å²) in [5.41, 5.74) is 5.26. The van der Waals surface area contributed by atoms with E-state index >= 15 is 0 Å². The summed E-state index contributed by atoms with van der Waals surface area (Å²) >= 11 is 1.23. The van der Waals surface area contributed by atoms with Crippen molar-refractivity contribution in [3.8, 4) is 0 Å². The van der Waals surface area contributed by atoms with Crippen molar-refractivity contribution in [3.63, 3.8) is 0 Å². The van der Waals surface area contributed by atoms with Crippen LogP contribution in [0.4, 0.5) is 0 Å². The Bertz CT molecular complexity index is 737. The van der Waals surface area contributed by atoms with Crippen molar-refractivity contribution in [1.29, 1.82) is 0 Å². The highest BCUT2D eigenvalue weighted by atomic mass is 32.2. The molecule has 2 rings (SSSR count). The first-order chi connectivity index (χ1) is 13.1. The minimum atomic E-state index is -1.56. The maximum Gasteiger partial charge on any atom is 0.320 e. The standard InChI is InChI=1S/C16H21N3O8S/c1-7(20)27-5-8-6-28-14-11(13(22)19(14)12(8)16(25)26)18-10(21)4-2-3-9(17)15(23)24/h9,11,14H,2-6,17H2,1H3,(H,18,21)(H,23,24)(H,25,26)/p-1/t9?,11-,14?/m1/s1. The number of ether oxygens (including phenoxy) is 1. The Morgan fingerprint density at radius 2 is 2.11 bits per heavy atom. The molecule has 0 spiro atoms. The zero-order valence-electron chi connectivity index (χ0n) is 15.0. The molecule has 2 heterocycles. The average molecular weight is 414 g/mol. The number of nitrogens with one attached hydrogen (secondary N) is 1. The molecule has 0 saturated carbocycles. The number of hydrogen-bond acceptors (Lipinski definition) is 9. The number of nitrogens with two attached hydrogens (primary N) is 1. The molecule has 2 amide bonds. The molecule has 28 heavy (non-hydrogen) atoms. The summed E-state index contributed by atoms with van der Waals surface area (Å²) < 4.78 is 4.82. The Morgan fingerprint density at radius 1 is 1.43 bits per heavy atom. The smallest absolute Gasteiger partial charge is 0.320 e. The first-order valence-corrected chi connectivity index (χ1v) is 9.47. The highest BCUT2D eigenvalue weighted by Gasteiger charge is 2.52. The summed E-state index contributed by atoms with van der Waals surface area (Å²) in [6, 6.07) is -1.95. The predicted octanol–water partition coefficient (Wildman–Crippen LogP) is -2.46. The molecule has 154 valence electrons. The van der Waals surface area contributed by atoms with Gasteiger partial charge in [0.1, 0.15) is 24.1 Å². The summed E-state index contributed by atoms with van der Waals surface area (Å²) in [7, 11) is 0. The zero-order valence-corrected chi connectivity index (χ0v) is 15.8. The molecule has 4 N–H and O–H groups in total. The van der Waals surface area contributed by atoms with Crippen LogP contribution in [0.2, 0.25) is 0 Å². The van der Waals surface area contributed by atoms with Crippen LogP contribution in [0.3, 0.4) is 0 Å². The number of carbonyl (C=O) groups is 5. The zero-order chi connectivity index (χ0) is 21.0. The van der Waals surface area contributed by atoms with Gasteiger partial charge in [0.2, 0.25) is 5.91 Å². The summed E-state index contributed by atoms with van der Waals surface area (Å²) in [5.74, 6) is -4.17. The summed E-state index contributed by atoms with van der Waals surface area (Å²) in [6.45, 7) is 0.921. The van der Waals surface area contributed by atoms with E-state index in [1.54, 1.807) is 0 Å². The topological polar surface area (TPSA) is 179 Å². The second kappa shape index (κ2) is 9.06. The lowest BCUT2D eigenvalue weighted by molar-refractivity contribution is -0.301. The van der Waals surface area contributed by atoms with E-state index in [1.165, 1.54) is 18.7 Å². The van der Waals surface area contributed by atoms with Gasteiger partial charge in [-0.05, 0) is 12.8 Å². The molecule has 1 saturated heterocycles. The predicted molar refractivity (Wildman–Crippen MR) is 93.2 cm³/mol. The number of carbonyl (C=O) groups excluding carboxylic acids is 4. The third-order valence-corrected chi connectivity index (χ3v) is 5.58. The molecule has 0 aromatic carbocycles. The third kappa shape index (κ3) is 4.81. The molecule has 2 aliphatic heterocycles. The largest absolute Gasteiger partial charge is 0.543 e. The quantitative estimate of drug-likeness (QED) is 0.270. The number of hydrogen-bond donors (Lipinski definition) is 3. The molecule has 11 nitrogen and oxygen atoms in total. The third-order valence-electron chi connectivity index (χ3n) is 4.24. The molecular formula is C16H20N3O8S-. The summed E-state index contributed by atoms with van der Waals surface area (Å²) in [5, 5.41) is 22.1. The van der Waals surface area contributed by atoms with E-state index in [0.29, 0.717) is 0 Å². The van der Waals surface area contributed by atoms with Crippen LogP contribution in [0.25, 0.3) is 0 Å². The molecule has 1 fully saturated rings. The van der Waals surface area contributed by atoms with Gasteiger partial charge in [-0.1, -0.05) is 0 Å². The lowest BCUT2D eigenvalue weighted by Gasteiger charge is -2.50. The molecule has 0 aliphatic carbocycles. The number of nitrogens with zero attached hydrogens (tertiary/aromatic N) is 1. The van der Waals surface area contributed by atoms with Crippen LogP contribution in [0.5, 0.6) is 0 Å². The van der Waals surface area contributed by atoms with Gasteiger partial charge in [-0.3, -0.25) is 24.1 Å². The number of β-lactam (4-membered cyclic amide) rings is 1. The van der Waals surface area contributed by atoms with Gasteiger partial charge in [0.05, 0.1) is 11.7 Å². The number of carboxylic acid groups (broad SMARTS) is 2. The van der Waals surface area contributed by atoms with Crippen molar-refractivity contribution in [2.45, 2.75) is 43.6 Å². The molecule has 2 unspecified atom stereocenters. The van der Waals surface area contributed by atoms with Crippen LogP contribution in [-0.4, -0.2) is 69.5 Å². The van der Waals surface area contributed by atoms with Crippen molar-refractivity contribution >= 4 is 41.5 Å². The van der Waals surface area contributed by atoms with Gasteiger partial charge in [0.15, 0.2) is 0 Å². The number of esters is 1. The maximum absolute atomic E-state index is 12.4. The Hall–Kier alpha value is -2.60. The van der Waals surface area contributed by atoms with Crippen LogP contribution >= 0.6 is 11.8 Å². The minimum Gasteiger partial charge on any atom is -0.543 e. The van der Waals surface area contributed by atoms with Gasteiger partial charge in [0.25, 0.3) is 5.91 Å². The lowest BCUT2D eigenvalue weighted by atomic mass is 10.0. The van der Waals surface area contributed by atoms with Gasteiger partial charge in [-0.15, -0.1) is 11.8 Å². The molecular weight excluding hydrogens is 394 g/mol. The second-order valence-electron chi connectivity index (χ2n) is 6.31. The van der Waals surface area contributed by atoms with Gasteiger partial charge in [-0.25, -0.2) is 0 Å². The average Bonchev–Trinajstić information content (AvgIpc) is 2.62. The Kier molecular flexibility index (Phi) is 7.02. The summed E-state index contributed by atoms with van der Waals surface area (Å²) in [6.07, 6.45) is 0.338. The SMILES string of the molecule is CC(=O)OCC1=C(C(=O)[O-])N2C(=O)[C@@H](NC(=O)CCCC(N)C(=O)O)C2SC1. The van der Waals surface area contributed by atoms with Crippen LogP contribution < -0.4 is 16.2 Å². The van der Waals surface area contributed by atoms with E-state index in [0.717, 1.165) is 4.90 Å². The molecule has 0 bridgehead atoms. The number of thioether (sulfide) groups is 1. The van der Waals surface area contributed by atoms with Crippen molar-refractivity contribution in [2.24, 2.45) is 5.73 Å². The normalized spacial score (nSPS) is 22.1. The van der Waals surface area contributed by atoms with E-state index in [1.807, 2.05) is 0 Å². The molecule has 0 aromatic rings. The van der Waals surface area contributed by atoms with Gasteiger partial charge >= 0.3 is 11.9 Å². The first-order valence-electron chi connectivity index (χ1n) is 8.42. The Morgan fingerprint density at radius 3 is 2.68 bits per heavy atom. The van der Waals surface area contributed by atoms with E-state index in [-0.39, 0.29) is 42.9 Å². The van der Waals surface area contributed by atoms with Gasteiger partial charge in [-0.2, -0.15) is 0 Å².